The van der Waals surface area contributed by atoms with Crippen LogP contribution in [0.25, 0.3) is 10.8 Å². The number of fused-ring (bicyclic) bond motifs is 1. The average Bonchev–Trinajstić information content (AvgIpc) is 2.92. The van der Waals surface area contributed by atoms with Gasteiger partial charge in [-0.1, -0.05) is 30.3 Å². The number of hydrogen-bond donors (Lipinski definition) is 1. The number of ether oxygens (including phenoxy) is 1. The molecule has 0 bridgehead atoms. The van der Waals surface area contributed by atoms with Gasteiger partial charge in [0.25, 0.3) is 0 Å². The van der Waals surface area contributed by atoms with E-state index in [-0.39, 0.29) is 0 Å². The molecule has 1 aromatic heterocycles. The van der Waals surface area contributed by atoms with Crippen molar-refractivity contribution in [2.75, 3.05) is 7.11 Å². The fourth-order valence-electron chi connectivity index (χ4n) is 2.35. The summed E-state index contributed by atoms with van der Waals surface area (Å²) >= 11 is 1.72. The molecular weight excluding hydrogens is 298 g/mol. The quantitative estimate of drug-likeness (QED) is 0.722. The number of thioether (sulfide) groups is 1. The molecule has 0 spiro atoms. The summed E-state index contributed by atoms with van der Waals surface area (Å²) < 4.78 is 6.31. The molecule has 0 aliphatic carbocycles. The number of methoxy groups -OCH3 is 1. The molecule has 112 valence electrons. The highest BCUT2D eigenvalue weighted by molar-refractivity contribution is 7.98. The minimum atomic E-state index is -1.05. The van der Waals surface area contributed by atoms with Crippen LogP contribution >= 0.6 is 11.8 Å². The van der Waals surface area contributed by atoms with Gasteiger partial charge in [-0.25, -0.2) is 9.36 Å². The lowest BCUT2D eigenvalue weighted by Crippen LogP contribution is -2.07. The van der Waals surface area contributed by atoms with Gasteiger partial charge < -0.3 is 9.84 Å². The second kappa shape index (κ2) is 6.15. The van der Waals surface area contributed by atoms with E-state index in [1.165, 1.54) is 12.7 Å². The van der Waals surface area contributed by atoms with E-state index >= 15 is 0 Å². The van der Waals surface area contributed by atoms with Crippen LogP contribution in [0.4, 0.5) is 4.79 Å². The van der Waals surface area contributed by atoms with E-state index < -0.39 is 6.09 Å². The lowest BCUT2D eigenvalue weighted by atomic mass is 10.2. The number of rotatable bonds is 4. The number of benzene rings is 2. The van der Waals surface area contributed by atoms with Crippen molar-refractivity contribution in [3.8, 4) is 5.88 Å². The highest BCUT2D eigenvalue weighted by atomic mass is 32.2. The summed E-state index contributed by atoms with van der Waals surface area (Å²) in [5.41, 5.74) is 1.26. The van der Waals surface area contributed by atoms with Crippen LogP contribution < -0.4 is 4.74 Å². The van der Waals surface area contributed by atoms with Crippen LogP contribution in [0.2, 0.25) is 0 Å². The van der Waals surface area contributed by atoms with Crippen LogP contribution in [0, 0.1) is 0 Å². The van der Waals surface area contributed by atoms with Crippen LogP contribution in [0.3, 0.4) is 0 Å². The molecule has 0 radical (unpaired) electrons. The number of carboxylic acid groups (broad SMARTS) is 1. The Morgan fingerprint density at radius 3 is 2.68 bits per heavy atom. The van der Waals surface area contributed by atoms with Gasteiger partial charge in [-0.2, -0.15) is 0 Å². The van der Waals surface area contributed by atoms with Gasteiger partial charge in [-0.3, -0.25) is 0 Å². The van der Waals surface area contributed by atoms with Crippen LogP contribution in [-0.4, -0.2) is 22.9 Å². The first-order valence-corrected chi connectivity index (χ1v) is 7.76. The Balaban J connectivity index is 1.88. The molecular formula is C17H15NO3S. The van der Waals surface area contributed by atoms with Crippen molar-refractivity contribution in [1.29, 1.82) is 0 Å². The molecule has 0 unspecified atom stereocenters. The van der Waals surface area contributed by atoms with E-state index in [9.17, 15) is 9.90 Å². The maximum Gasteiger partial charge on any atom is 0.418 e. The molecule has 5 heteroatoms. The third-order valence-corrected chi connectivity index (χ3v) is 4.45. The van der Waals surface area contributed by atoms with Gasteiger partial charge in [0.15, 0.2) is 0 Å². The van der Waals surface area contributed by atoms with Crippen molar-refractivity contribution in [3.63, 3.8) is 0 Å². The van der Waals surface area contributed by atoms with Gasteiger partial charge in [0.05, 0.1) is 7.11 Å². The SMILES string of the molecule is COc1c2ccc(SCc3ccccc3)cc2cn1C(=O)O. The number of aromatic nitrogens is 1. The predicted molar refractivity (Wildman–Crippen MR) is 87.9 cm³/mol. The van der Waals surface area contributed by atoms with Crippen LogP contribution in [-0.2, 0) is 5.75 Å². The van der Waals surface area contributed by atoms with Crippen LogP contribution in [0.15, 0.2) is 59.6 Å². The molecule has 0 saturated carbocycles. The summed E-state index contributed by atoms with van der Waals surface area (Å²) in [6.07, 6.45) is 0.537. The summed E-state index contributed by atoms with van der Waals surface area (Å²) in [5, 5.41) is 10.9. The third-order valence-electron chi connectivity index (χ3n) is 3.39. The van der Waals surface area contributed by atoms with E-state index in [0.29, 0.717) is 5.88 Å². The van der Waals surface area contributed by atoms with Crippen molar-refractivity contribution < 1.29 is 14.6 Å². The topological polar surface area (TPSA) is 51.5 Å². The summed E-state index contributed by atoms with van der Waals surface area (Å²) in [4.78, 5) is 12.3. The molecule has 2 aromatic carbocycles. The molecule has 1 heterocycles. The zero-order chi connectivity index (χ0) is 15.5. The molecule has 3 aromatic rings. The summed E-state index contributed by atoms with van der Waals surface area (Å²) in [5.74, 6) is 1.23. The van der Waals surface area contributed by atoms with Gasteiger partial charge in [-0.05, 0) is 23.8 Å². The molecule has 4 nitrogen and oxygen atoms in total. The largest absolute Gasteiger partial charge is 0.481 e. The fraction of sp³-hybridized carbons (Fsp3) is 0.118. The standard InChI is InChI=1S/C17H15NO3S/c1-21-16-15-8-7-14(9-13(15)10-18(16)17(19)20)22-11-12-5-3-2-4-6-12/h2-10H,11H2,1H3,(H,19,20). The lowest BCUT2D eigenvalue weighted by Gasteiger charge is -2.03. The minimum absolute atomic E-state index is 0.349. The monoisotopic (exact) mass is 313 g/mol. The first kappa shape index (κ1) is 14.5. The predicted octanol–water partition coefficient (Wildman–Crippen LogP) is 4.47. The number of hydrogen-bond acceptors (Lipinski definition) is 3. The van der Waals surface area contributed by atoms with Gasteiger partial charge in [0.1, 0.15) is 0 Å². The van der Waals surface area contributed by atoms with Gasteiger partial charge in [0.2, 0.25) is 5.88 Å². The Morgan fingerprint density at radius 2 is 2.00 bits per heavy atom. The summed E-state index contributed by atoms with van der Waals surface area (Å²) in [6, 6.07) is 16.1. The Bertz CT molecular complexity index is 811. The van der Waals surface area contributed by atoms with Crippen molar-refractivity contribution in [1.82, 2.24) is 4.57 Å². The Kier molecular flexibility index (Phi) is 4.06. The van der Waals surface area contributed by atoms with Gasteiger partial charge >= 0.3 is 6.09 Å². The normalized spacial score (nSPS) is 10.8. The van der Waals surface area contributed by atoms with Crippen molar-refractivity contribution >= 4 is 28.6 Å². The minimum Gasteiger partial charge on any atom is -0.481 e. The molecule has 1 N–H and O–H groups in total. The van der Waals surface area contributed by atoms with Crippen LogP contribution in [0.5, 0.6) is 5.88 Å². The fourth-order valence-corrected chi connectivity index (χ4v) is 3.25. The smallest absolute Gasteiger partial charge is 0.418 e. The second-order valence-corrected chi connectivity index (χ2v) is 5.86. The van der Waals surface area contributed by atoms with E-state index in [1.807, 2.05) is 36.4 Å². The molecule has 0 fully saturated rings. The van der Waals surface area contributed by atoms with E-state index in [4.69, 9.17) is 4.74 Å². The molecule has 22 heavy (non-hydrogen) atoms. The van der Waals surface area contributed by atoms with Crippen molar-refractivity contribution in [2.24, 2.45) is 0 Å². The second-order valence-electron chi connectivity index (χ2n) is 4.81. The molecule has 0 atom stereocenters. The van der Waals surface area contributed by atoms with Crippen LogP contribution in [0.1, 0.15) is 5.56 Å². The zero-order valence-corrected chi connectivity index (χ0v) is 12.8. The first-order chi connectivity index (χ1) is 10.7. The maximum atomic E-state index is 11.2. The summed E-state index contributed by atoms with van der Waals surface area (Å²) in [6.45, 7) is 0. The van der Waals surface area contributed by atoms with Crippen molar-refractivity contribution in [2.45, 2.75) is 10.6 Å². The molecule has 0 amide bonds. The van der Waals surface area contributed by atoms with Crippen molar-refractivity contribution in [3.05, 3.63) is 60.3 Å². The summed E-state index contributed by atoms with van der Waals surface area (Å²) in [7, 11) is 1.48. The Morgan fingerprint density at radius 1 is 1.23 bits per heavy atom. The van der Waals surface area contributed by atoms with E-state index in [1.54, 1.807) is 18.0 Å². The zero-order valence-electron chi connectivity index (χ0n) is 12.0. The average molecular weight is 313 g/mol. The number of nitrogens with zero attached hydrogens (tertiary/aromatic N) is 1. The highest BCUT2D eigenvalue weighted by Crippen LogP contribution is 2.32. The molecule has 0 aliphatic heterocycles. The first-order valence-electron chi connectivity index (χ1n) is 6.78. The molecule has 0 aliphatic rings. The third kappa shape index (κ3) is 2.80. The maximum absolute atomic E-state index is 11.2. The van der Waals surface area contributed by atoms with Gasteiger partial charge in [0, 0.05) is 27.6 Å². The molecule has 3 rings (SSSR count). The van der Waals surface area contributed by atoms with E-state index in [2.05, 4.69) is 12.1 Å². The number of carbonyl (C=O) groups is 1. The lowest BCUT2D eigenvalue weighted by molar-refractivity contribution is 0.193. The van der Waals surface area contributed by atoms with Gasteiger partial charge in [-0.15, -0.1) is 11.8 Å². The Hall–Kier alpha value is -2.40. The Labute approximate surface area is 132 Å². The molecule has 0 saturated heterocycles. The van der Waals surface area contributed by atoms with E-state index in [0.717, 1.165) is 26.0 Å². The highest BCUT2D eigenvalue weighted by Gasteiger charge is 2.14.